The molecule has 1 aliphatic heterocycles. The second-order valence-corrected chi connectivity index (χ2v) is 4.99. The molecule has 2 aromatic rings. The molecule has 0 bridgehead atoms. The summed E-state index contributed by atoms with van der Waals surface area (Å²) in [4.78, 5) is 4.40. The first-order valence-electron chi connectivity index (χ1n) is 6.48. The molecular weight excluding hydrogens is 260 g/mol. The third-order valence-corrected chi connectivity index (χ3v) is 3.54. The molecule has 0 radical (unpaired) electrons. The van der Waals surface area contributed by atoms with E-state index >= 15 is 0 Å². The third-order valence-electron chi connectivity index (χ3n) is 3.54. The number of ether oxygens (including phenoxy) is 2. The molecule has 1 atom stereocenters. The van der Waals surface area contributed by atoms with E-state index in [1.54, 1.807) is 12.1 Å². The largest absolute Gasteiger partial charge is 0.504 e. The number of aromatic nitrogens is 2. The van der Waals surface area contributed by atoms with Crippen molar-refractivity contribution in [3.8, 4) is 23.0 Å². The molecule has 20 heavy (non-hydrogen) atoms. The summed E-state index contributed by atoms with van der Waals surface area (Å²) in [6, 6.07) is 4.89. The Morgan fingerprint density at radius 3 is 2.95 bits per heavy atom. The van der Waals surface area contributed by atoms with Gasteiger partial charge in [0.25, 0.3) is 5.89 Å². The van der Waals surface area contributed by atoms with Crippen LogP contribution in [0.25, 0.3) is 11.5 Å². The topological polar surface area (TPSA) is 77.6 Å². The first-order chi connectivity index (χ1) is 9.62. The van der Waals surface area contributed by atoms with Crippen LogP contribution in [0.3, 0.4) is 0 Å². The van der Waals surface area contributed by atoms with Crippen molar-refractivity contribution >= 4 is 0 Å². The first-order valence-corrected chi connectivity index (χ1v) is 6.48. The van der Waals surface area contributed by atoms with Gasteiger partial charge in [0.1, 0.15) is 5.60 Å². The molecule has 0 aliphatic carbocycles. The maximum absolute atomic E-state index is 9.59. The van der Waals surface area contributed by atoms with E-state index in [0.29, 0.717) is 29.6 Å². The Kier molecular flexibility index (Phi) is 3.10. The summed E-state index contributed by atoms with van der Waals surface area (Å²) in [6.45, 7) is 2.68. The van der Waals surface area contributed by atoms with Gasteiger partial charge in [0.05, 0.1) is 7.11 Å². The molecule has 1 N–H and O–H groups in total. The van der Waals surface area contributed by atoms with Crippen LogP contribution in [0.2, 0.25) is 0 Å². The van der Waals surface area contributed by atoms with Gasteiger partial charge in [-0.1, -0.05) is 5.16 Å². The lowest BCUT2D eigenvalue weighted by Gasteiger charge is -2.17. The number of phenolic OH excluding ortho intramolecular Hbond substituents is 1. The molecule has 6 nitrogen and oxygen atoms in total. The van der Waals surface area contributed by atoms with Crippen LogP contribution in [0.1, 0.15) is 25.6 Å². The zero-order valence-electron chi connectivity index (χ0n) is 11.4. The van der Waals surface area contributed by atoms with Crippen LogP contribution in [0.15, 0.2) is 22.7 Å². The average molecular weight is 276 g/mol. The monoisotopic (exact) mass is 276 g/mol. The zero-order chi connectivity index (χ0) is 14.2. The van der Waals surface area contributed by atoms with Gasteiger partial charge in [-0.25, -0.2) is 0 Å². The smallest absolute Gasteiger partial charge is 0.258 e. The predicted molar refractivity (Wildman–Crippen MR) is 70.5 cm³/mol. The maximum Gasteiger partial charge on any atom is 0.258 e. The van der Waals surface area contributed by atoms with Crippen molar-refractivity contribution in [1.82, 2.24) is 10.1 Å². The van der Waals surface area contributed by atoms with Crippen LogP contribution >= 0.6 is 0 Å². The van der Waals surface area contributed by atoms with Gasteiger partial charge in [0.2, 0.25) is 5.82 Å². The quantitative estimate of drug-likeness (QED) is 0.928. The zero-order valence-corrected chi connectivity index (χ0v) is 11.4. The fourth-order valence-electron chi connectivity index (χ4n) is 2.32. The molecule has 1 aromatic carbocycles. The summed E-state index contributed by atoms with van der Waals surface area (Å²) in [7, 11) is 1.49. The van der Waals surface area contributed by atoms with Crippen molar-refractivity contribution in [3.05, 3.63) is 24.0 Å². The standard InChI is InChI=1S/C14H16N2O4/c1-14(6-3-7-19-14)13-15-12(20-16-13)9-4-5-10(17)11(8-9)18-2/h4-5,8,17H,3,6-7H2,1-2H3. The van der Waals surface area contributed by atoms with Crippen molar-refractivity contribution < 1.29 is 19.1 Å². The number of hydrogen-bond donors (Lipinski definition) is 1. The molecule has 1 aromatic heterocycles. The number of phenols is 1. The molecule has 1 saturated heterocycles. The van der Waals surface area contributed by atoms with Crippen molar-refractivity contribution in [2.45, 2.75) is 25.4 Å². The van der Waals surface area contributed by atoms with Crippen LogP contribution in [-0.2, 0) is 10.3 Å². The number of methoxy groups -OCH3 is 1. The van der Waals surface area contributed by atoms with Gasteiger partial charge in [-0.15, -0.1) is 0 Å². The molecule has 6 heteroatoms. The Morgan fingerprint density at radius 1 is 1.40 bits per heavy atom. The predicted octanol–water partition coefficient (Wildman–Crippen LogP) is 2.48. The molecule has 0 amide bonds. The molecule has 106 valence electrons. The highest BCUT2D eigenvalue weighted by atomic mass is 16.5. The van der Waals surface area contributed by atoms with Crippen molar-refractivity contribution in [2.24, 2.45) is 0 Å². The minimum Gasteiger partial charge on any atom is -0.504 e. The van der Waals surface area contributed by atoms with E-state index in [2.05, 4.69) is 10.1 Å². The molecule has 1 unspecified atom stereocenters. The highest BCUT2D eigenvalue weighted by molar-refractivity contribution is 5.59. The molecule has 0 saturated carbocycles. The van der Waals surface area contributed by atoms with E-state index in [1.807, 2.05) is 6.92 Å². The van der Waals surface area contributed by atoms with E-state index in [-0.39, 0.29) is 5.75 Å². The second kappa shape index (κ2) is 4.79. The van der Waals surface area contributed by atoms with Gasteiger partial charge in [0, 0.05) is 12.2 Å². The summed E-state index contributed by atoms with van der Waals surface area (Å²) in [5.74, 6) is 1.37. The fraction of sp³-hybridized carbons (Fsp3) is 0.429. The van der Waals surface area contributed by atoms with E-state index in [4.69, 9.17) is 14.0 Å². The van der Waals surface area contributed by atoms with Crippen molar-refractivity contribution in [1.29, 1.82) is 0 Å². The molecule has 0 spiro atoms. The summed E-state index contributed by atoms with van der Waals surface area (Å²) in [6.07, 6.45) is 1.87. The van der Waals surface area contributed by atoms with Gasteiger partial charge >= 0.3 is 0 Å². The van der Waals surface area contributed by atoms with E-state index < -0.39 is 5.60 Å². The first kappa shape index (κ1) is 12.9. The second-order valence-electron chi connectivity index (χ2n) is 4.99. The number of hydrogen-bond acceptors (Lipinski definition) is 6. The Hall–Kier alpha value is -2.08. The molecule has 2 heterocycles. The minimum absolute atomic E-state index is 0.0714. The van der Waals surface area contributed by atoms with Gasteiger partial charge in [-0.05, 0) is 38.0 Å². The number of nitrogens with zero attached hydrogens (tertiary/aromatic N) is 2. The van der Waals surface area contributed by atoms with Crippen molar-refractivity contribution in [2.75, 3.05) is 13.7 Å². The molecule has 1 fully saturated rings. The fourth-order valence-corrected chi connectivity index (χ4v) is 2.32. The van der Waals surface area contributed by atoms with Crippen LogP contribution in [0, 0.1) is 0 Å². The SMILES string of the molecule is COc1cc(-c2nc(C3(C)CCCO3)no2)ccc1O. The van der Waals surface area contributed by atoms with Crippen LogP contribution in [0.5, 0.6) is 11.5 Å². The number of benzene rings is 1. The van der Waals surface area contributed by atoms with E-state index in [1.165, 1.54) is 13.2 Å². The molecule has 3 rings (SSSR count). The Bertz CT molecular complexity index is 617. The average Bonchev–Trinajstić information content (AvgIpc) is 3.09. The summed E-state index contributed by atoms with van der Waals surface area (Å²) in [5, 5.41) is 13.6. The molecular formula is C14H16N2O4. The lowest BCUT2D eigenvalue weighted by Crippen LogP contribution is -2.21. The van der Waals surface area contributed by atoms with E-state index in [9.17, 15) is 5.11 Å². The van der Waals surface area contributed by atoms with Gasteiger partial charge < -0.3 is 19.1 Å². The lowest BCUT2D eigenvalue weighted by molar-refractivity contribution is 0.00768. The Balaban J connectivity index is 1.94. The maximum atomic E-state index is 9.59. The highest BCUT2D eigenvalue weighted by Crippen LogP contribution is 2.36. The van der Waals surface area contributed by atoms with Gasteiger partial charge in [0.15, 0.2) is 11.5 Å². The Morgan fingerprint density at radius 2 is 2.25 bits per heavy atom. The summed E-state index contributed by atoms with van der Waals surface area (Å²) >= 11 is 0. The van der Waals surface area contributed by atoms with Crippen LogP contribution in [-0.4, -0.2) is 29.0 Å². The van der Waals surface area contributed by atoms with Gasteiger partial charge in [-0.3, -0.25) is 0 Å². The lowest BCUT2D eigenvalue weighted by atomic mass is 10.0. The summed E-state index contributed by atoms with van der Waals surface area (Å²) < 4.78 is 16.0. The van der Waals surface area contributed by atoms with Crippen LogP contribution < -0.4 is 4.74 Å². The number of rotatable bonds is 3. The van der Waals surface area contributed by atoms with Crippen LogP contribution in [0.4, 0.5) is 0 Å². The van der Waals surface area contributed by atoms with Crippen molar-refractivity contribution in [3.63, 3.8) is 0 Å². The normalized spacial score (nSPS) is 22.1. The van der Waals surface area contributed by atoms with E-state index in [0.717, 1.165) is 12.8 Å². The number of aromatic hydroxyl groups is 1. The van der Waals surface area contributed by atoms with Gasteiger partial charge in [-0.2, -0.15) is 4.98 Å². The third kappa shape index (κ3) is 2.12. The summed E-state index contributed by atoms with van der Waals surface area (Å²) in [5.41, 5.74) is 0.225. The highest BCUT2D eigenvalue weighted by Gasteiger charge is 2.36. The molecule has 1 aliphatic rings. The Labute approximate surface area is 116 Å². The minimum atomic E-state index is -0.469.